The highest BCUT2D eigenvalue weighted by molar-refractivity contribution is 7.89. The summed E-state index contributed by atoms with van der Waals surface area (Å²) in [6, 6.07) is 0. The number of piperidine rings is 1. The molecule has 1 aliphatic heterocycles. The molecule has 2 heterocycles. The highest BCUT2D eigenvalue weighted by Crippen LogP contribution is 2.36. The number of rotatable bonds is 2. The van der Waals surface area contributed by atoms with Gasteiger partial charge in [-0.3, -0.25) is 0 Å². The molecule has 0 amide bonds. The molecule has 5 nitrogen and oxygen atoms in total. The van der Waals surface area contributed by atoms with Crippen LogP contribution < -0.4 is 0 Å². The third-order valence-corrected chi connectivity index (χ3v) is 6.03. The molecular formula is C12H16ClN3O2S. The van der Waals surface area contributed by atoms with E-state index in [1.54, 1.807) is 4.31 Å². The number of fused-ring (bicyclic) bond motifs is 2. The Kier molecular flexibility index (Phi) is 3.49. The van der Waals surface area contributed by atoms with E-state index in [9.17, 15) is 8.42 Å². The van der Waals surface area contributed by atoms with Crippen molar-refractivity contribution in [3.8, 4) is 0 Å². The Hall–Kier alpha value is -0.720. The van der Waals surface area contributed by atoms with Gasteiger partial charge in [-0.2, -0.15) is 4.31 Å². The molecule has 19 heavy (non-hydrogen) atoms. The minimum atomic E-state index is -3.47. The minimum absolute atomic E-state index is 0.0643. The first-order valence-electron chi connectivity index (χ1n) is 6.53. The Morgan fingerprint density at radius 3 is 2.32 bits per heavy atom. The molecule has 2 bridgehead atoms. The molecule has 0 spiro atoms. The Morgan fingerprint density at radius 1 is 1.16 bits per heavy atom. The van der Waals surface area contributed by atoms with Gasteiger partial charge in [-0.15, -0.1) is 0 Å². The number of hydrogen-bond donors (Lipinski definition) is 0. The number of nitrogens with zero attached hydrogens (tertiary/aromatic N) is 3. The summed E-state index contributed by atoms with van der Waals surface area (Å²) < 4.78 is 26.7. The lowest BCUT2D eigenvalue weighted by Crippen LogP contribution is -2.45. The van der Waals surface area contributed by atoms with Crippen LogP contribution in [0.1, 0.15) is 25.7 Å². The predicted molar refractivity (Wildman–Crippen MR) is 71.2 cm³/mol. The molecule has 1 aromatic heterocycles. The van der Waals surface area contributed by atoms with Crippen molar-refractivity contribution in [3.05, 3.63) is 17.7 Å². The highest BCUT2D eigenvalue weighted by atomic mass is 35.5. The van der Waals surface area contributed by atoms with E-state index in [1.807, 2.05) is 0 Å². The van der Waals surface area contributed by atoms with Crippen molar-refractivity contribution in [1.82, 2.24) is 14.3 Å². The van der Waals surface area contributed by atoms with E-state index in [2.05, 4.69) is 9.97 Å². The topological polar surface area (TPSA) is 63.2 Å². The smallest absolute Gasteiger partial charge is 0.225 e. The molecule has 1 aliphatic carbocycles. The van der Waals surface area contributed by atoms with Gasteiger partial charge in [0.2, 0.25) is 15.3 Å². The molecule has 104 valence electrons. The average molecular weight is 302 g/mol. The lowest BCUT2D eigenvalue weighted by molar-refractivity contribution is 0.144. The summed E-state index contributed by atoms with van der Waals surface area (Å²) in [5.41, 5.74) is 0. The predicted octanol–water partition coefficient (Wildman–Crippen LogP) is 1.94. The van der Waals surface area contributed by atoms with Crippen molar-refractivity contribution in [2.45, 2.75) is 30.6 Å². The summed E-state index contributed by atoms with van der Waals surface area (Å²) >= 11 is 5.59. The van der Waals surface area contributed by atoms with Crippen LogP contribution in [0.15, 0.2) is 17.3 Å². The molecular weight excluding hydrogens is 286 g/mol. The van der Waals surface area contributed by atoms with Gasteiger partial charge in [-0.25, -0.2) is 18.4 Å². The lowest BCUT2D eigenvalue weighted by Gasteiger charge is -2.40. The Bertz CT molecular complexity index is 549. The van der Waals surface area contributed by atoms with Crippen molar-refractivity contribution in [1.29, 1.82) is 0 Å². The normalized spacial score (nSPS) is 28.3. The third-order valence-electron chi connectivity index (χ3n) is 4.05. The second-order valence-electron chi connectivity index (χ2n) is 5.41. The van der Waals surface area contributed by atoms with Crippen LogP contribution in [-0.4, -0.2) is 35.8 Å². The molecule has 2 unspecified atom stereocenters. The van der Waals surface area contributed by atoms with E-state index in [0.717, 1.165) is 12.8 Å². The summed E-state index contributed by atoms with van der Waals surface area (Å²) in [5.74, 6) is 1.02. The minimum Gasteiger partial charge on any atom is -0.225 e. The van der Waals surface area contributed by atoms with Crippen LogP contribution in [0.25, 0.3) is 0 Å². The fourth-order valence-corrected chi connectivity index (χ4v) is 4.75. The molecule has 0 aromatic carbocycles. The maximum absolute atomic E-state index is 12.5. The van der Waals surface area contributed by atoms with Crippen molar-refractivity contribution in [2.75, 3.05) is 13.1 Å². The summed E-state index contributed by atoms with van der Waals surface area (Å²) in [7, 11) is -3.47. The molecule has 1 saturated heterocycles. The second-order valence-corrected chi connectivity index (χ2v) is 7.68. The molecule has 1 saturated carbocycles. The fraction of sp³-hybridized carbons (Fsp3) is 0.667. The van der Waals surface area contributed by atoms with Crippen LogP contribution in [0, 0.1) is 11.8 Å². The molecule has 7 heteroatoms. The standard InChI is InChI=1S/C12H16ClN3O2S/c13-12-14-5-11(6-15-12)19(17,18)16-7-9-2-1-3-10(4-9)8-16/h5-6,9-10H,1-4,7-8H2. The van der Waals surface area contributed by atoms with E-state index in [1.165, 1.54) is 25.2 Å². The van der Waals surface area contributed by atoms with Gasteiger partial charge in [-0.1, -0.05) is 6.42 Å². The van der Waals surface area contributed by atoms with E-state index in [0.29, 0.717) is 24.9 Å². The van der Waals surface area contributed by atoms with Gasteiger partial charge in [0.15, 0.2) is 0 Å². The maximum atomic E-state index is 12.5. The van der Waals surface area contributed by atoms with Gasteiger partial charge < -0.3 is 0 Å². The van der Waals surface area contributed by atoms with Crippen LogP contribution in [0.2, 0.25) is 5.28 Å². The monoisotopic (exact) mass is 301 g/mol. The lowest BCUT2D eigenvalue weighted by atomic mass is 9.79. The summed E-state index contributed by atoms with van der Waals surface area (Å²) in [4.78, 5) is 7.66. The number of sulfonamides is 1. The fourth-order valence-electron chi connectivity index (χ4n) is 3.16. The highest BCUT2D eigenvalue weighted by Gasteiger charge is 2.36. The SMILES string of the molecule is O=S(=O)(c1cnc(Cl)nc1)N1CC2CCCC(C2)C1. The van der Waals surface area contributed by atoms with E-state index >= 15 is 0 Å². The van der Waals surface area contributed by atoms with E-state index in [-0.39, 0.29) is 10.2 Å². The molecule has 2 aliphatic rings. The summed E-state index contributed by atoms with van der Waals surface area (Å²) in [6.45, 7) is 1.25. The molecule has 0 N–H and O–H groups in total. The molecule has 0 radical (unpaired) electrons. The molecule has 2 fully saturated rings. The van der Waals surface area contributed by atoms with Crippen LogP contribution >= 0.6 is 11.6 Å². The maximum Gasteiger partial charge on any atom is 0.246 e. The Labute approximate surface area is 118 Å². The van der Waals surface area contributed by atoms with Crippen molar-refractivity contribution in [3.63, 3.8) is 0 Å². The van der Waals surface area contributed by atoms with E-state index in [4.69, 9.17) is 11.6 Å². The average Bonchev–Trinajstić information content (AvgIpc) is 2.38. The van der Waals surface area contributed by atoms with Crippen LogP contribution in [-0.2, 0) is 10.0 Å². The first-order valence-corrected chi connectivity index (χ1v) is 8.35. The first kappa shape index (κ1) is 13.3. The van der Waals surface area contributed by atoms with Gasteiger partial charge in [0, 0.05) is 13.1 Å². The zero-order chi connectivity index (χ0) is 13.5. The zero-order valence-corrected chi connectivity index (χ0v) is 12.1. The number of aromatic nitrogens is 2. The van der Waals surface area contributed by atoms with Crippen LogP contribution in [0.5, 0.6) is 0 Å². The largest absolute Gasteiger partial charge is 0.246 e. The number of hydrogen-bond acceptors (Lipinski definition) is 4. The summed E-state index contributed by atoms with van der Waals surface area (Å²) in [5, 5.41) is 0.0643. The Balaban J connectivity index is 1.86. The van der Waals surface area contributed by atoms with Crippen LogP contribution in [0.4, 0.5) is 0 Å². The van der Waals surface area contributed by atoms with Gasteiger partial charge in [0.05, 0.1) is 12.4 Å². The van der Waals surface area contributed by atoms with Crippen molar-refractivity contribution >= 4 is 21.6 Å². The van der Waals surface area contributed by atoms with Gasteiger partial charge in [-0.05, 0) is 42.7 Å². The molecule has 1 aromatic rings. The zero-order valence-electron chi connectivity index (χ0n) is 10.5. The van der Waals surface area contributed by atoms with Crippen molar-refractivity contribution < 1.29 is 8.42 Å². The Morgan fingerprint density at radius 2 is 1.74 bits per heavy atom. The van der Waals surface area contributed by atoms with E-state index < -0.39 is 10.0 Å². The van der Waals surface area contributed by atoms with Gasteiger partial charge >= 0.3 is 0 Å². The first-order chi connectivity index (χ1) is 9.05. The third kappa shape index (κ3) is 2.61. The second kappa shape index (κ2) is 5.00. The quantitative estimate of drug-likeness (QED) is 0.783. The summed E-state index contributed by atoms with van der Waals surface area (Å²) in [6.07, 6.45) is 7.25. The molecule has 3 rings (SSSR count). The van der Waals surface area contributed by atoms with Gasteiger partial charge in [0.1, 0.15) is 4.90 Å². The van der Waals surface area contributed by atoms with Gasteiger partial charge in [0.25, 0.3) is 0 Å². The van der Waals surface area contributed by atoms with Crippen molar-refractivity contribution in [2.24, 2.45) is 11.8 Å². The van der Waals surface area contributed by atoms with Crippen LogP contribution in [0.3, 0.4) is 0 Å². The number of halogens is 1. The molecule has 2 atom stereocenters.